The van der Waals surface area contributed by atoms with Crippen LogP contribution in [0.25, 0.3) is 0 Å². The number of esters is 1. The van der Waals surface area contributed by atoms with Gasteiger partial charge in [0.25, 0.3) is 10.1 Å². The van der Waals surface area contributed by atoms with Gasteiger partial charge in [-0.05, 0) is 6.42 Å². The Morgan fingerprint density at radius 3 is 1.76 bits per heavy atom. The van der Waals surface area contributed by atoms with E-state index in [0.717, 1.165) is 19.3 Å². The fourth-order valence-electron chi connectivity index (χ4n) is 1.97. The van der Waals surface area contributed by atoms with E-state index in [1.54, 1.807) is 0 Å². The summed E-state index contributed by atoms with van der Waals surface area (Å²) in [7, 11) is -4.26. The molecule has 0 bridgehead atoms. The predicted molar refractivity (Wildman–Crippen MR) is 86.4 cm³/mol. The molecule has 0 aliphatic rings. The van der Waals surface area contributed by atoms with Gasteiger partial charge < -0.3 is 4.74 Å². The summed E-state index contributed by atoms with van der Waals surface area (Å²) in [6.07, 6.45) is 11.8. The van der Waals surface area contributed by atoms with Gasteiger partial charge in [-0.25, -0.2) is 0 Å². The Labute approximate surface area is 171 Å². The number of rotatable bonds is 13. The number of carbonyl (C=O) groups is 1. The minimum atomic E-state index is -4.26. The molecule has 122 valence electrons. The summed E-state index contributed by atoms with van der Waals surface area (Å²) in [6, 6.07) is 0. The molecule has 0 aliphatic heterocycles. The van der Waals surface area contributed by atoms with Crippen LogP contribution >= 0.6 is 0 Å². The average Bonchev–Trinajstić information content (AvgIpc) is 2.34. The molecule has 0 rings (SSSR count). The van der Waals surface area contributed by atoms with Crippen molar-refractivity contribution >= 4 is 67.5 Å². The Balaban J connectivity index is 0. The van der Waals surface area contributed by atoms with E-state index in [0.29, 0.717) is 0 Å². The Hall–Kier alpha value is 1.02. The number of hydrogen-bond acceptors (Lipinski definition) is 4. The quantitative estimate of drug-likeness (QED) is 0.239. The van der Waals surface area contributed by atoms with E-state index in [1.807, 2.05) is 0 Å². The molecule has 1 N–H and O–H groups in total. The zero-order valence-electron chi connectivity index (χ0n) is 12.5. The van der Waals surface area contributed by atoms with Crippen molar-refractivity contribution in [1.82, 2.24) is 0 Å². The van der Waals surface area contributed by atoms with Gasteiger partial charge in [0, 0.05) is 0 Å². The van der Waals surface area contributed by atoms with Crippen LogP contribution in [-0.2, 0) is 19.6 Å². The van der Waals surface area contributed by atoms with Crippen LogP contribution < -0.4 is 0 Å². The molecule has 0 saturated carbocycles. The third kappa shape index (κ3) is 21.0. The van der Waals surface area contributed by atoms with Gasteiger partial charge in [-0.15, -0.1) is 0 Å². The van der Waals surface area contributed by atoms with Gasteiger partial charge in [0.2, 0.25) is 0 Å². The maximum atomic E-state index is 11.0. The van der Waals surface area contributed by atoms with Crippen molar-refractivity contribution in [1.29, 1.82) is 0 Å². The van der Waals surface area contributed by atoms with Crippen molar-refractivity contribution in [3.8, 4) is 0 Å². The molecule has 0 amide bonds. The van der Waals surface area contributed by atoms with Crippen molar-refractivity contribution in [3.05, 3.63) is 0 Å². The molecular weight excluding hydrogens is 319 g/mol. The fraction of sp³-hybridized carbons (Fsp3) is 0.929. The summed E-state index contributed by atoms with van der Waals surface area (Å²) in [5, 5.41) is 0. The van der Waals surface area contributed by atoms with Gasteiger partial charge >= 0.3 is 57.4 Å². The first-order valence-electron chi connectivity index (χ1n) is 7.56. The van der Waals surface area contributed by atoms with Crippen molar-refractivity contribution < 1.29 is 22.5 Å². The summed E-state index contributed by atoms with van der Waals surface area (Å²) in [5.41, 5.74) is 0. The van der Waals surface area contributed by atoms with Gasteiger partial charge in [0.05, 0.1) is 6.61 Å². The van der Waals surface area contributed by atoms with Crippen LogP contribution in [0.15, 0.2) is 0 Å². The van der Waals surface area contributed by atoms with E-state index in [1.165, 1.54) is 44.9 Å². The third-order valence-electron chi connectivity index (χ3n) is 3.06. The number of hydrogen-bond donors (Lipinski definition) is 1. The molecule has 0 unspecified atom stereocenters. The van der Waals surface area contributed by atoms with Crippen LogP contribution in [0.1, 0.15) is 71.1 Å². The Bertz CT molecular complexity index is 343. The Kier molecular flexibility index (Phi) is 18.4. The zero-order valence-corrected chi connectivity index (χ0v) is 13.3. The van der Waals surface area contributed by atoms with E-state index in [-0.39, 0.29) is 58.0 Å². The summed E-state index contributed by atoms with van der Waals surface area (Å²) < 4.78 is 33.9. The minimum absolute atomic E-state index is 0. The molecule has 5 nitrogen and oxygen atoms in total. The summed E-state index contributed by atoms with van der Waals surface area (Å²) in [4.78, 5) is 11.0. The van der Waals surface area contributed by atoms with Crippen molar-refractivity contribution in [2.24, 2.45) is 0 Å². The molecule has 0 aromatic carbocycles. The van der Waals surface area contributed by atoms with Crippen molar-refractivity contribution in [2.45, 2.75) is 71.1 Å². The molecule has 0 aliphatic carbocycles. The van der Waals surface area contributed by atoms with Gasteiger partial charge in [-0.3, -0.25) is 9.35 Å². The number of carbonyl (C=O) groups excluding carboxylic acids is 1. The second kappa shape index (κ2) is 15.9. The van der Waals surface area contributed by atoms with E-state index in [2.05, 4.69) is 6.92 Å². The first-order valence-corrected chi connectivity index (χ1v) is 9.17. The van der Waals surface area contributed by atoms with Gasteiger partial charge in [0.1, 0.15) is 0 Å². The molecule has 21 heavy (non-hydrogen) atoms. The molecule has 0 radical (unpaired) electrons. The van der Waals surface area contributed by atoms with Gasteiger partial charge in [-0.1, -0.05) is 64.7 Å². The number of ether oxygens (including phenoxy) is 1. The van der Waals surface area contributed by atoms with Gasteiger partial charge in [0.15, 0.2) is 5.75 Å². The molecule has 0 heterocycles. The fourth-order valence-corrected chi connectivity index (χ4v) is 2.35. The third-order valence-corrected chi connectivity index (χ3v) is 3.66. The normalized spacial score (nSPS) is 11.0. The van der Waals surface area contributed by atoms with E-state index in [4.69, 9.17) is 9.29 Å². The second-order valence-corrected chi connectivity index (χ2v) is 6.58. The first kappa shape index (κ1) is 24.3. The van der Waals surface area contributed by atoms with E-state index >= 15 is 0 Å². The van der Waals surface area contributed by atoms with Crippen LogP contribution in [-0.4, -0.2) is 82.7 Å². The number of unbranched alkanes of at least 4 members (excludes halogenated alkanes) is 9. The van der Waals surface area contributed by atoms with Crippen LogP contribution in [0.4, 0.5) is 0 Å². The van der Waals surface area contributed by atoms with Crippen LogP contribution in [0.3, 0.4) is 0 Å². The van der Waals surface area contributed by atoms with Crippen molar-refractivity contribution in [3.63, 3.8) is 0 Å². The van der Waals surface area contributed by atoms with Crippen LogP contribution in [0, 0.1) is 0 Å². The Morgan fingerprint density at radius 1 is 0.905 bits per heavy atom. The van der Waals surface area contributed by atoms with Crippen LogP contribution in [0.2, 0.25) is 0 Å². The summed E-state index contributed by atoms with van der Waals surface area (Å²) >= 11 is 0. The van der Waals surface area contributed by atoms with E-state index < -0.39 is 21.8 Å². The zero-order chi connectivity index (χ0) is 15.3. The van der Waals surface area contributed by atoms with Crippen molar-refractivity contribution in [2.75, 3.05) is 12.4 Å². The average molecular weight is 349 g/mol. The Morgan fingerprint density at radius 2 is 1.33 bits per heavy atom. The monoisotopic (exact) mass is 348 g/mol. The standard InChI is InChI=1S/C14H28O5S.K.H/c1-2-3-4-5-6-7-8-9-10-11-12-19-14(15)13-20(16,17)18;;/h2-13H2,1H3,(H,16,17,18);;. The molecule has 0 spiro atoms. The molecule has 0 fully saturated rings. The SMILES string of the molecule is CCCCCCCCCCCCOC(=O)CS(=O)(=O)O.[KH]. The molecule has 0 saturated heterocycles. The second-order valence-electron chi connectivity index (χ2n) is 5.13. The molecule has 7 heteroatoms. The predicted octanol–water partition coefficient (Wildman–Crippen LogP) is 2.69. The van der Waals surface area contributed by atoms with Crippen LogP contribution in [0.5, 0.6) is 0 Å². The summed E-state index contributed by atoms with van der Waals surface area (Å²) in [6.45, 7) is 2.44. The molecular formula is C14H29KO5S. The first-order chi connectivity index (χ1) is 9.45. The molecule has 0 aromatic rings. The van der Waals surface area contributed by atoms with Gasteiger partial charge in [-0.2, -0.15) is 8.42 Å². The van der Waals surface area contributed by atoms with E-state index in [9.17, 15) is 13.2 Å². The summed E-state index contributed by atoms with van der Waals surface area (Å²) in [5.74, 6) is -1.84. The molecule has 0 atom stereocenters. The topological polar surface area (TPSA) is 80.7 Å². The molecule has 0 aromatic heterocycles. The maximum absolute atomic E-state index is 11.0.